The van der Waals surface area contributed by atoms with E-state index in [4.69, 9.17) is 9.47 Å². The predicted molar refractivity (Wildman–Crippen MR) is 86.4 cm³/mol. The number of carbonyl (C=O) groups excluding carboxylic acids is 1. The summed E-state index contributed by atoms with van der Waals surface area (Å²) in [5, 5.41) is 0. The Hall–Kier alpha value is -1.27. The number of halogens is 1. The molecule has 0 N–H and O–H groups in total. The van der Waals surface area contributed by atoms with E-state index in [2.05, 4.69) is 31.8 Å². The van der Waals surface area contributed by atoms with Crippen molar-refractivity contribution in [2.75, 3.05) is 51.8 Å². The van der Waals surface area contributed by atoms with E-state index in [1.165, 1.54) is 7.11 Å². The molecule has 2 rings (SSSR count). The smallest absolute Gasteiger partial charge is 0.320 e. The topological polar surface area (TPSA) is 42.0 Å². The lowest BCUT2D eigenvalue weighted by Crippen LogP contribution is -2.49. The Morgan fingerprint density at radius 1 is 1.24 bits per heavy atom. The summed E-state index contributed by atoms with van der Waals surface area (Å²) in [5.74, 6) is 0.682. The van der Waals surface area contributed by atoms with Gasteiger partial charge in [-0.05, 0) is 12.1 Å². The van der Waals surface area contributed by atoms with Crippen molar-refractivity contribution in [3.63, 3.8) is 0 Å². The molecule has 0 bridgehead atoms. The fourth-order valence-corrected chi connectivity index (χ4v) is 3.09. The zero-order valence-corrected chi connectivity index (χ0v) is 14.0. The maximum atomic E-state index is 11.4. The van der Waals surface area contributed by atoms with E-state index < -0.39 is 0 Å². The van der Waals surface area contributed by atoms with Crippen LogP contribution >= 0.6 is 15.9 Å². The zero-order valence-electron chi connectivity index (χ0n) is 12.4. The molecule has 1 unspecified atom stereocenters. The van der Waals surface area contributed by atoms with Gasteiger partial charge in [-0.1, -0.05) is 28.1 Å². The van der Waals surface area contributed by atoms with Gasteiger partial charge in [0.25, 0.3) is 0 Å². The van der Waals surface area contributed by atoms with Gasteiger partial charge in [-0.25, -0.2) is 0 Å². The lowest BCUT2D eigenvalue weighted by atomic mass is 10.2. The van der Waals surface area contributed by atoms with Gasteiger partial charge >= 0.3 is 5.97 Å². The van der Waals surface area contributed by atoms with Crippen LogP contribution in [0.2, 0.25) is 0 Å². The largest absolute Gasteiger partial charge is 0.495 e. The molecule has 116 valence electrons. The summed E-state index contributed by atoms with van der Waals surface area (Å²) in [4.78, 5) is 15.8. The van der Waals surface area contributed by atoms with Crippen LogP contribution in [0.5, 0.6) is 5.75 Å². The summed E-state index contributed by atoms with van der Waals surface area (Å²) in [6.07, 6.45) is 0. The van der Waals surface area contributed by atoms with E-state index in [1.807, 2.05) is 18.2 Å². The fourth-order valence-electron chi connectivity index (χ4n) is 2.49. The summed E-state index contributed by atoms with van der Waals surface area (Å²) in [5.41, 5.74) is 1.13. The SMILES string of the molecule is COC(=O)C(Br)CN1CCN(c2ccccc2OC)CC1. The van der Waals surface area contributed by atoms with Crippen molar-refractivity contribution in [2.24, 2.45) is 0 Å². The maximum absolute atomic E-state index is 11.4. The van der Waals surface area contributed by atoms with E-state index in [9.17, 15) is 4.79 Å². The van der Waals surface area contributed by atoms with Gasteiger partial charge in [0.15, 0.2) is 0 Å². The number of benzene rings is 1. The molecule has 1 aromatic carbocycles. The Balaban J connectivity index is 1.90. The van der Waals surface area contributed by atoms with E-state index in [0.717, 1.165) is 37.6 Å². The van der Waals surface area contributed by atoms with Crippen molar-refractivity contribution in [3.05, 3.63) is 24.3 Å². The van der Waals surface area contributed by atoms with E-state index in [0.29, 0.717) is 6.54 Å². The van der Waals surface area contributed by atoms with Gasteiger partial charge in [0.05, 0.1) is 19.9 Å². The second-order valence-electron chi connectivity index (χ2n) is 4.95. The average Bonchev–Trinajstić information content (AvgIpc) is 2.54. The van der Waals surface area contributed by atoms with Crippen molar-refractivity contribution in [1.29, 1.82) is 0 Å². The third-order valence-electron chi connectivity index (χ3n) is 3.67. The maximum Gasteiger partial charge on any atom is 0.320 e. The Kier molecular flexibility index (Phi) is 5.87. The van der Waals surface area contributed by atoms with E-state index >= 15 is 0 Å². The summed E-state index contributed by atoms with van der Waals surface area (Å²) >= 11 is 3.37. The van der Waals surface area contributed by atoms with Gasteiger partial charge in [0.2, 0.25) is 0 Å². The molecule has 1 atom stereocenters. The number of ether oxygens (including phenoxy) is 2. The highest BCUT2D eigenvalue weighted by Crippen LogP contribution is 2.28. The highest BCUT2D eigenvalue weighted by molar-refractivity contribution is 9.10. The molecule has 0 spiro atoms. The monoisotopic (exact) mass is 356 g/mol. The van der Waals surface area contributed by atoms with Gasteiger partial charge in [0, 0.05) is 32.7 Å². The van der Waals surface area contributed by atoms with Gasteiger partial charge < -0.3 is 14.4 Å². The van der Waals surface area contributed by atoms with Crippen LogP contribution < -0.4 is 9.64 Å². The molecule has 0 radical (unpaired) electrons. The lowest BCUT2D eigenvalue weighted by molar-refractivity contribution is -0.140. The minimum atomic E-state index is -0.264. The van der Waals surface area contributed by atoms with Crippen LogP contribution in [0.15, 0.2) is 24.3 Å². The second kappa shape index (κ2) is 7.66. The molecule has 0 aromatic heterocycles. The molecule has 5 nitrogen and oxygen atoms in total. The van der Waals surface area contributed by atoms with E-state index in [-0.39, 0.29) is 10.8 Å². The number of hydrogen-bond acceptors (Lipinski definition) is 5. The second-order valence-corrected chi connectivity index (χ2v) is 6.06. The number of rotatable bonds is 5. The highest BCUT2D eigenvalue weighted by atomic mass is 79.9. The molecule has 0 aliphatic carbocycles. The van der Waals surface area contributed by atoms with Gasteiger partial charge in [0.1, 0.15) is 10.6 Å². The molecule has 0 amide bonds. The van der Waals surface area contributed by atoms with Crippen LogP contribution in [0.3, 0.4) is 0 Å². The molecular formula is C15H21BrN2O3. The predicted octanol–water partition coefficient (Wildman–Crippen LogP) is 1.75. The summed E-state index contributed by atoms with van der Waals surface area (Å²) in [6.45, 7) is 4.34. The minimum Gasteiger partial charge on any atom is -0.495 e. The Bertz CT molecular complexity index is 476. The van der Waals surface area contributed by atoms with Gasteiger partial charge in [-0.2, -0.15) is 0 Å². The number of para-hydroxylation sites is 2. The number of methoxy groups -OCH3 is 2. The van der Waals surface area contributed by atoms with Gasteiger partial charge in [-0.15, -0.1) is 0 Å². The van der Waals surface area contributed by atoms with E-state index in [1.54, 1.807) is 7.11 Å². The Morgan fingerprint density at radius 3 is 2.52 bits per heavy atom. The zero-order chi connectivity index (χ0) is 15.2. The van der Waals surface area contributed by atoms with Crippen LogP contribution in [0.4, 0.5) is 5.69 Å². The Labute approximate surface area is 133 Å². The standard InChI is InChI=1S/C15H21BrN2O3/c1-20-14-6-4-3-5-13(14)18-9-7-17(8-10-18)11-12(16)15(19)21-2/h3-6,12H,7-11H2,1-2H3. The number of piperazine rings is 1. The van der Waals surface area contributed by atoms with Crippen LogP contribution in [0.1, 0.15) is 0 Å². The summed E-state index contributed by atoms with van der Waals surface area (Å²) in [6, 6.07) is 8.06. The van der Waals surface area contributed by atoms with Crippen LogP contribution in [0.25, 0.3) is 0 Å². The number of hydrogen-bond donors (Lipinski definition) is 0. The molecular weight excluding hydrogens is 336 g/mol. The Morgan fingerprint density at radius 2 is 1.90 bits per heavy atom. The van der Waals surface area contributed by atoms with Crippen molar-refractivity contribution in [3.8, 4) is 5.75 Å². The molecule has 1 fully saturated rings. The third kappa shape index (κ3) is 4.11. The molecule has 6 heteroatoms. The fraction of sp³-hybridized carbons (Fsp3) is 0.533. The van der Waals surface area contributed by atoms with Gasteiger partial charge in [-0.3, -0.25) is 9.69 Å². The number of nitrogens with zero attached hydrogens (tertiary/aromatic N) is 2. The minimum absolute atomic E-state index is 0.220. The van der Waals surface area contributed by atoms with Crippen LogP contribution in [0, 0.1) is 0 Å². The quantitative estimate of drug-likeness (QED) is 0.593. The first kappa shape index (κ1) is 16.1. The first-order chi connectivity index (χ1) is 10.2. The van der Waals surface area contributed by atoms with Crippen molar-refractivity contribution >= 4 is 27.6 Å². The molecule has 1 aliphatic heterocycles. The third-order valence-corrected chi connectivity index (χ3v) is 4.34. The number of carbonyl (C=O) groups is 1. The molecule has 21 heavy (non-hydrogen) atoms. The van der Waals surface area contributed by atoms with Crippen LogP contribution in [-0.4, -0.2) is 62.6 Å². The molecule has 1 saturated heterocycles. The normalized spacial score (nSPS) is 17.4. The highest BCUT2D eigenvalue weighted by Gasteiger charge is 2.24. The van der Waals surface area contributed by atoms with Crippen LogP contribution in [-0.2, 0) is 9.53 Å². The molecule has 1 aliphatic rings. The number of anilines is 1. The first-order valence-corrected chi connectivity index (χ1v) is 7.89. The number of esters is 1. The average molecular weight is 357 g/mol. The van der Waals surface area contributed by atoms with Crippen molar-refractivity contribution in [1.82, 2.24) is 4.90 Å². The number of alkyl halides is 1. The summed E-state index contributed by atoms with van der Waals surface area (Å²) < 4.78 is 10.1. The van der Waals surface area contributed by atoms with Crippen molar-refractivity contribution < 1.29 is 14.3 Å². The lowest BCUT2D eigenvalue weighted by Gasteiger charge is -2.37. The first-order valence-electron chi connectivity index (χ1n) is 6.98. The molecule has 1 heterocycles. The van der Waals surface area contributed by atoms with Crippen molar-refractivity contribution in [2.45, 2.75) is 4.83 Å². The molecule has 1 aromatic rings. The summed E-state index contributed by atoms with van der Waals surface area (Å²) in [7, 11) is 3.11. The molecule has 0 saturated carbocycles.